The summed E-state index contributed by atoms with van der Waals surface area (Å²) in [6.07, 6.45) is 6.24. The third-order valence-electron chi connectivity index (χ3n) is 3.15. The predicted molar refractivity (Wildman–Crippen MR) is 59.9 cm³/mol. The number of nitrogens with one attached hydrogen (secondary N) is 1. The summed E-state index contributed by atoms with van der Waals surface area (Å²) in [5, 5.41) is 6.76. The number of H-pyrrole nitrogens is 1. The van der Waals surface area contributed by atoms with E-state index >= 15 is 0 Å². The Kier molecular flexibility index (Phi) is 1.96. The number of aromatic nitrogens is 3. The molecule has 16 heavy (non-hydrogen) atoms. The Morgan fingerprint density at radius 2 is 2.31 bits per heavy atom. The Bertz CT molecular complexity index is 537. The molecule has 82 valence electrons. The van der Waals surface area contributed by atoms with Crippen molar-refractivity contribution in [3.63, 3.8) is 0 Å². The van der Waals surface area contributed by atoms with Gasteiger partial charge < -0.3 is 4.57 Å². The first-order chi connectivity index (χ1) is 7.77. The van der Waals surface area contributed by atoms with Crippen LogP contribution in [0.1, 0.15) is 34.6 Å². The van der Waals surface area contributed by atoms with Gasteiger partial charge in [-0.25, -0.2) is 0 Å². The van der Waals surface area contributed by atoms with E-state index in [9.17, 15) is 4.79 Å². The fourth-order valence-corrected chi connectivity index (χ4v) is 2.45. The smallest absolute Gasteiger partial charge is 0.164 e. The molecule has 0 spiro atoms. The molecule has 1 aliphatic carbocycles. The van der Waals surface area contributed by atoms with Gasteiger partial charge in [0.2, 0.25) is 0 Å². The van der Waals surface area contributed by atoms with Gasteiger partial charge in [0.05, 0.1) is 11.9 Å². The van der Waals surface area contributed by atoms with E-state index in [1.54, 1.807) is 6.20 Å². The number of aryl methyl sites for hydroxylation is 1. The van der Waals surface area contributed by atoms with Gasteiger partial charge in [0, 0.05) is 29.6 Å². The largest absolute Gasteiger partial charge is 0.315 e. The van der Waals surface area contributed by atoms with E-state index < -0.39 is 0 Å². The van der Waals surface area contributed by atoms with E-state index in [0.717, 1.165) is 35.5 Å². The van der Waals surface area contributed by atoms with Gasteiger partial charge >= 0.3 is 0 Å². The topological polar surface area (TPSA) is 50.7 Å². The van der Waals surface area contributed by atoms with Crippen LogP contribution in [0.3, 0.4) is 0 Å². The second-order valence-corrected chi connectivity index (χ2v) is 4.21. The molecule has 0 unspecified atom stereocenters. The summed E-state index contributed by atoms with van der Waals surface area (Å²) in [6, 6.07) is 1.99. The van der Waals surface area contributed by atoms with Crippen molar-refractivity contribution in [3.8, 4) is 5.69 Å². The van der Waals surface area contributed by atoms with Crippen molar-refractivity contribution in [2.24, 2.45) is 0 Å². The Morgan fingerprint density at radius 1 is 1.44 bits per heavy atom. The average molecular weight is 215 g/mol. The van der Waals surface area contributed by atoms with E-state index in [1.807, 2.05) is 19.2 Å². The molecule has 2 aromatic heterocycles. The lowest BCUT2D eigenvalue weighted by atomic mass is 9.96. The Morgan fingerprint density at radius 3 is 3.06 bits per heavy atom. The van der Waals surface area contributed by atoms with Crippen LogP contribution < -0.4 is 0 Å². The zero-order chi connectivity index (χ0) is 11.1. The summed E-state index contributed by atoms with van der Waals surface area (Å²) in [5.74, 6) is 0.270. The highest BCUT2D eigenvalue weighted by molar-refractivity contribution is 5.98. The molecule has 0 atom stereocenters. The first kappa shape index (κ1) is 9.39. The van der Waals surface area contributed by atoms with Crippen molar-refractivity contribution in [1.29, 1.82) is 0 Å². The van der Waals surface area contributed by atoms with E-state index in [4.69, 9.17) is 0 Å². The maximum Gasteiger partial charge on any atom is 0.164 e. The number of Topliss-reactive ketones (excluding diaryl/α,β-unsaturated/α-hetero) is 1. The van der Waals surface area contributed by atoms with E-state index in [1.165, 1.54) is 0 Å². The Labute approximate surface area is 93.3 Å². The van der Waals surface area contributed by atoms with Crippen LogP contribution in [0.2, 0.25) is 0 Å². The average Bonchev–Trinajstić information content (AvgIpc) is 2.85. The van der Waals surface area contributed by atoms with Crippen LogP contribution in [0.5, 0.6) is 0 Å². The lowest BCUT2D eigenvalue weighted by molar-refractivity contribution is 0.0972. The van der Waals surface area contributed by atoms with Crippen LogP contribution in [0, 0.1) is 6.92 Å². The molecule has 0 aromatic carbocycles. The highest BCUT2D eigenvalue weighted by atomic mass is 16.1. The van der Waals surface area contributed by atoms with E-state index in [0.29, 0.717) is 6.42 Å². The van der Waals surface area contributed by atoms with Gasteiger partial charge in [-0.15, -0.1) is 0 Å². The van der Waals surface area contributed by atoms with Crippen LogP contribution in [0.25, 0.3) is 5.69 Å². The molecule has 4 nitrogen and oxygen atoms in total. The van der Waals surface area contributed by atoms with Gasteiger partial charge in [-0.2, -0.15) is 5.10 Å². The maximum atomic E-state index is 11.8. The number of hydrogen-bond acceptors (Lipinski definition) is 2. The van der Waals surface area contributed by atoms with Gasteiger partial charge in [0.1, 0.15) is 0 Å². The molecule has 0 radical (unpaired) electrons. The van der Waals surface area contributed by atoms with Crippen molar-refractivity contribution in [1.82, 2.24) is 14.8 Å². The zero-order valence-corrected chi connectivity index (χ0v) is 9.16. The summed E-state index contributed by atoms with van der Waals surface area (Å²) < 4.78 is 2.12. The Balaban J connectivity index is 2.23. The fraction of sp³-hybridized carbons (Fsp3) is 0.333. The molecule has 0 aliphatic heterocycles. The summed E-state index contributed by atoms with van der Waals surface area (Å²) in [7, 11) is 0. The number of aromatic amines is 1. The highest BCUT2D eigenvalue weighted by Gasteiger charge is 2.23. The monoisotopic (exact) mass is 215 g/mol. The molecule has 0 saturated heterocycles. The molecule has 1 N–H and O–H groups in total. The highest BCUT2D eigenvalue weighted by Crippen LogP contribution is 2.27. The van der Waals surface area contributed by atoms with Crippen molar-refractivity contribution < 1.29 is 4.79 Å². The Hall–Kier alpha value is -1.84. The molecule has 3 rings (SSSR count). The number of hydrogen-bond donors (Lipinski definition) is 1. The van der Waals surface area contributed by atoms with Crippen LogP contribution in [0.4, 0.5) is 0 Å². The second-order valence-electron chi connectivity index (χ2n) is 4.21. The number of carbonyl (C=O) groups excluding carboxylic acids is 1. The third kappa shape index (κ3) is 1.23. The standard InChI is InChI=1S/C12H13N3O/c1-8-5-10-11(3-2-4-12(10)16)15(8)9-6-13-14-7-9/h5-7H,2-4H2,1H3,(H,13,14). The molecule has 2 heterocycles. The van der Waals surface area contributed by atoms with Crippen molar-refractivity contribution in [2.75, 3.05) is 0 Å². The minimum absolute atomic E-state index is 0.270. The molecule has 2 aromatic rings. The van der Waals surface area contributed by atoms with Crippen LogP contribution in [-0.4, -0.2) is 20.5 Å². The maximum absolute atomic E-state index is 11.8. The second kappa shape index (κ2) is 3.33. The van der Waals surface area contributed by atoms with Gasteiger partial charge in [-0.05, 0) is 25.8 Å². The first-order valence-electron chi connectivity index (χ1n) is 5.51. The van der Waals surface area contributed by atoms with Gasteiger partial charge in [0.25, 0.3) is 0 Å². The minimum Gasteiger partial charge on any atom is -0.315 e. The molecular formula is C12H13N3O. The zero-order valence-electron chi connectivity index (χ0n) is 9.16. The number of fused-ring (bicyclic) bond motifs is 1. The molecule has 0 amide bonds. The van der Waals surface area contributed by atoms with Crippen LogP contribution >= 0.6 is 0 Å². The number of nitrogens with zero attached hydrogens (tertiary/aromatic N) is 2. The summed E-state index contributed by atoms with van der Waals surface area (Å²) in [4.78, 5) is 11.8. The molecule has 0 saturated carbocycles. The van der Waals surface area contributed by atoms with Crippen LogP contribution in [-0.2, 0) is 6.42 Å². The lowest BCUT2D eigenvalue weighted by Gasteiger charge is -2.14. The van der Waals surface area contributed by atoms with Gasteiger partial charge in [-0.3, -0.25) is 9.89 Å². The molecule has 0 fully saturated rings. The quantitative estimate of drug-likeness (QED) is 0.791. The van der Waals surface area contributed by atoms with Crippen molar-refractivity contribution in [3.05, 3.63) is 35.4 Å². The molecule has 4 heteroatoms. The van der Waals surface area contributed by atoms with E-state index in [2.05, 4.69) is 14.8 Å². The summed E-state index contributed by atoms with van der Waals surface area (Å²) in [5.41, 5.74) is 4.13. The summed E-state index contributed by atoms with van der Waals surface area (Å²) >= 11 is 0. The van der Waals surface area contributed by atoms with Gasteiger partial charge in [0.15, 0.2) is 5.78 Å². The van der Waals surface area contributed by atoms with Crippen molar-refractivity contribution in [2.45, 2.75) is 26.2 Å². The SMILES string of the molecule is Cc1cc2c(n1-c1cn[nH]c1)CCCC2=O. The molecule has 0 bridgehead atoms. The first-order valence-corrected chi connectivity index (χ1v) is 5.51. The minimum atomic E-state index is 0.270. The number of carbonyl (C=O) groups is 1. The van der Waals surface area contributed by atoms with E-state index in [-0.39, 0.29) is 5.78 Å². The normalized spacial score (nSPS) is 15.2. The van der Waals surface area contributed by atoms with Gasteiger partial charge in [-0.1, -0.05) is 0 Å². The number of ketones is 1. The predicted octanol–water partition coefficient (Wildman–Crippen LogP) is 2.03. The van der Waals surface area contributed by atoms with Crippen molar-refractivity contribution >= 4 is 5.78 Å². The van der Waals surface area contributed by atoms with Crippen LogP contribution in [0.15, 0.2) is 18.5 Å². The summed E-state index contributed by atoms with van der Waals surface area (Å²) in [6.45, 7) is 2.03. The lowest BCUT2D eigenvalue weighted by Crippen LogP contribution is -2.12. The number of rotatable bonds is 1. The molecule has 1 aliphatic rings. The third-order valence-corrected chi connectivity index (χ3v) is 3.15. The molecular weight excluding hydrogens is 202 g/mol. The fourth-order valence-electron chi connectivity index (χ4n) is 2.45.